The van der Waals surface area contributed by atoms with E-state index in [0.29, 0.717) is 0 Å². The van der Waals surface area contributed by atoms with Crippen LogP contribution in [0.1, 0.15) is 13.3 Å². The van der Waals surface area contributed by atoms with Gasteiger partial charge in [0.15, 0.2) is 0 Å². The summed E-state index contributed by atoms with van der Waals surface area (Å²) in [5.41, 5.74) is 0. The minimum absolute atomic E-state index is 0.259. The van der Waals surface area contributed by atoms with Crippen LogP contribution in [0.4, 0.5) is 8.78 Å². The highest BCUT2D eigenvalue weighted by atomic mass is 35.7. The van der Waals surface area contributed by atoms with Gasteiger partial charge in [0.2, 0.25) is 15.0 Å². The molecule has 0 radical (unpaired) electrons. The molecule has 0 aromatic heterocycles. The fourth-order valence-electron chi connectivity index (χ4n) is 1.31. The molecule has 0 aliphatic heterocycles. The van der Waals surface area contributed by atoms with Gasteiger partial charge in [-0.25, -0.2) is 17.2 Å². The lowest BCUT2D eigenvalue weighted by molar-refractivity contribution is -0.00629. The lowest BCUT2D eigenvalue weighted by atomic mass is 10.2. The summed E-state index contributed by atoms with van der Waals surface area (Å²) in [6.07, 6.45) is 0.259. The highest BCUT2D eigenvalue weighted by Gasteiger charge is 2.52. The van der Waals surface area contributed by atoms with E-state index in [2.05, 4.69) is 0 Å². The number of alkyl halides is 2. The fourth-order valence-corrected chi connectivity index (χ4v) is 2.67. The number of rotatable bonds is 3. The molecule has 0 aromatic rings. The molecule has 72 valence electrons. The van der Waals surface area contributed by atoms with E-state index < -0.39 is 26.8 Å². The Morgan fingerprint density at radius 2 is 2.08 bits per heavy atom. The van der Waals surface area contributed by atoms with Crippen molar-refractivity contribution in [2.24, 2.45) is 11.8 Å². The lowest BCUT2D eigenvalue weighted by Gasteiger charge is -2.07. The molecule has 1 fully saturated rings. The average Bonchev–Trinajstić information content (AvgIpc) is 2.37. The van der Waals surface area contributed by atoms with Gasteiger partial charge in [-0.05, 0) is 19.3 Å². The Morgan fingerprint density at radius 3 is 2.33 bits per heavy atom. The zero-order valence-electron chi connectivity index (χ0n) is 6.43. The number of hydrogen-bond donors (Lipinski definition) is 0. The van der Waals surface area contributed by atoms with Crippen LogP contribution in [0, 0.1) is 11.8 Å². The molecule has 1 rings (SSSR count). The first kappa shape index (κ1) is 10.2. The summed E-state index contributed by atoms with van der Waals surface area (Å²) in [7, 11) is 1.30. The summed E-state index contributed by atoms with van der Waals surface area (Å²) in [5, 5.41) is 0. The maximum absolute atomic E-state index is 12.5. The standard InChI is InChI=1S/C6H9ClF2O2S/c1-6(8,9)5-2-4(5)3-12(7,10)11/h4-5H,2-3H2,1H3. The summed E-state index contributed by atoms with van der Waals surface area (Å²) in [6, 6.07) is 0. The lowest BCUT2D eigenvalue weighted by Crippen LogP contribution is -2.16. The molecule has 12 heavy (non-hydrogen) atoms. The Morgan fingerprint density at radius 1 is 1.58 bits per heavy atom. The Kier molecular flexibility index (Phi) is 2.38. The van der Waals surface area contributed by atoms with Crippen LogP contribution in [0.3, 0.4) is 0 Å². The normalized spacial score (nSPS) is 30.3. The van der Waals surface area contributed by atoms with Crippen molar-refractivity contribution in [3.63, 3.8) is 0 Å². The third-order valence-corrected chi connectivity index (χ3v) is 3.19. The van der Waals surface area contributed by atoms with Crippen molar-refractivity contribution in [3.05, 3.63) is 0 Å². The molecule has 0 spiro atoms. The molecule has 0 heterocycles. The van der Waals surface area contributed by atoms with E-state index >= 15 is 0 Å². The predicted octanol–water partition coefficient (Wildman–Crippen LogP) is 1.85. The molecule has 0 saturated heterocycles. The van der Waals surface area contributed by atoms with Gasteiger partial charge in [-0.1, -0.05) is 0 Å². The van der Waals surface area contributed by atoms with Crippen molar-refractivity contribution in [1.82, 2.24) is 0 Å². The number of halogens is 3. The molecule has 0 aromatic carbocycles. The summed E-state index contributed by atoms with van der Waals surface area (Å²) < 4.78 is 45.9. The zero-order valence-corrected chi connectivity index (χ0v) is 8.00. The second-order valence-electron chi connectivity index (χ2n) is 3.26. The largest absolute Gasteiger partial charge is 0.248 e. The smallest absolute Gasteiger partial charge is 0.212 e. The molecule has 0 amide bonds. The second kappa shape index (κ2) is 2.80. The molecule has 0 bridgehead atoms. The van der Waals surface area contributed by atoms with Gasteiger partial charge in [0.05, 0.1) is 5.75 Å². The molecular weight excluding hydrogens is 210 g/mol. The van der Waals surface area contributed by atoms with E-state index in [1.54, 1.807) is 0 Å². The van der Waals surface area contributed by atoms with Gasteiger partial charge in [-0.2, -0.15) is 0 Å². The quantitative estimate of drug-likeness (QED) is 0.678. The first-order chi connectivity index (χ1) is 5.20. The fraction of sp³-hybridized carbons (Fsp3) is 1.00. The summed E-state index contributed by atoms with van der Waals surface area (Å²) in [6.45, 7) is 0.804. The van der Waals surface area contributed by atoms with Crippen LogP contribution in [0.15, 0.2) is 0 Å². The van der Waals surface area contributed by atoms with Crippen LogP contribution in [0.5, 0.6) is 0 Å². The van der Waals surface area contributed by atoms with Gasteiger partial charge in [0, 0.05) is 16.6 Å². The van der Waals surface area contributed by atoms with Gasteiger partial charge >= 0.3 is 0 Å². The van der Waals surface area contributed by atoms with Crippen molar-refractivity contribution in [2.75, 3.05) is 5.75 Å². The molecule has 1 saturated carbocycles. The molecule has 2 atom stereocenters. The van der Waals surface area contributed by atoms with E-state index in [1.807, 2.05) is 0 Å². The molecular formula is C6H9ClF2O2S. The van der Waals surface area contributed by atoms with Crippen molar-refractivity contribution in [1.29, 1.82) is 0 Å². The molecule has 2 unspecified atom stereocenters. The maximum atomic E-state index is 12.5. The van der Waals surface area contributed by atoms with Crippen LogP contribution in [0.2, 0.25) is 0 Å². The highest BCUT2D eigenvalue weighted by Crippen LogP contribution is 2.49. The average molecular weight is 219 g/mol. The molecule has 1 aliphatic rings. The minimum atomic E-state index is -3.62. The van der Waals surface area contributed by atoms with Crippen LogP contribution >= 0.6 is 10.7 Å². The predicted molar refractivity (Wildman–Crippen MR) is 41.9 cm³/mol. The van der Waals surface area contributed by atoms with Gasteiger partial charge in [0.1, 0.15) is 0 Å². The van der Waals surface area contributed by atoms with E-state index in [-0.39, 0.29) is 12.2 Å². The first-order valence-corrected chi connectivity index (χ1v) is 5.98. The molecule has 6 heteroatoms. The second-order valence-corrected chi connectivity index (χ2v) is 6.09. The Bertz CT molecular complexity index is 270. The van der Waals surface area contributed by atoms with E-state index in [4.69, 9.17) is 10.7 Å². The Labute approximate surface area is 74.3 Å². The third kappa shape index (κ3) is 2.86. The molecule has 1 aliphatic carbocycles. The topological polar surface area (TPSA) is 34.1 Å². The summed E-state index contributed by atoms with van der Waals surface area (Å²) in [5.74, 6) is -4.35. The third-order valence-electron chi connectivity index (χ3n) is 1.99. The number of hydrogen-bond acceptors (Lipinski definition) is 2. The van der Waals surface area contributed by atoms with Gasteiger partial charge < -0.3 is 0 Å². The molecule has 0 N–H and O–H groups in total. The van der Waals surface area contributed by atoms with Crippen LogP contribution < -0.4 is 0 Å². The Hall–Kier alpha value is 0.1000. The van der Waals surface area contributed by atoms with E-state index in [9.17, 15) is 17.2 Å². The van der Waals surface area contributed by atoms with E-state index in [1.165, 1.54) is 0 Å². The Balaban J connectivity index is 2.45. The summed E-state index contributed by atoms with van der Waals surface area (Å²) in [4.78, 5) is 0. The SMILES string of the molecule is CC(F)(F)C1CC1CS(=O)(=O)Cl. The molecule has 2 nitrogen and oxygen atoms in total. The zero-order chi connectivity index (χ0) is 9.57. The van der Waals surface area contributed by atoms with Crippen molar-refractivity contribution < 1.29 is 17.2 Å². The highest BCUT2D eigenvalue weighted by molar-refractivity contribution is 8.13. The van der Waals surface area contributed by atoms with Gasteiger partial charge in [-0.15, -0.1) is 0 Å². The van der Waals surface area contributed by atoms with Gasteiger partial charge in [0.25, 0.3) is 0 Å². The first-order valence-electron chi connectivity index (χ1n) is 3.50. The van der Waals surface area contributed by atoms with Crippen LogP contribution in [-0.4, -0.2) is 20.1 Å². The van der Waals surface area contributed by atoms with Gasteiger partial charge in [-0.3, -0.25) is 0 Å². The van der Waals surface area contributed by atoms with Crippen molar-refractivity contribution >= 4 is 19.7 Å². The monoisotopic (exact) mass is 218 g/mol. The van der Waals surface area contributed by atoms with E-state index in [0.717, 1.165) is 6.92 Å². The van der Waals surface area contributed by atoms with Crippen molar-refractivity contribution in [2.45, 2.75) is 19.3 Å². The van der Waals surface area contributed by atoms with Crippen LogP contribution in [0.25, 0.3) is 0 Å². The maximum Gasteiger partial charge on any atom is 0.248 e. The van der Waals surface area contributed by atoms with Crippen LogP contribution in [-0.2, 0) is 9.05 Å². The summed E-state index contributed by atoms with van der Waals surface area (Å²) >= 11 is 0. The van der Waals surface area contributed by atoms with Crippen molar-refractivity contribution in [3.8, 4) is 0 Å². The minimum Gasteiger partial charge on any atom is -0.212 e.